The molecule has 1 aliphatic heterocycles. The van der Waals surface area contributed by atoms with E-state index in [0.717, 1.165) is 25.4 Å². The third-order valence-electron chi connectivity index (χ3n) is 2.43. The second kappa shape index (κ2) is 3.84. The minimum atomic E-state index is 0.634. The van der Waals surface area contributed by atoms with E-state index in [1.807, 2.05) is 19.1 Å². The number of pyridine rings is 1. The van der Waals surface area contributed by atoms with Crippen LogP contribution in [0.5, 0.6) is 5.88 Å². The van der Waals surface area contributed by atoms with Crippen molar-refractivity contribution in [2.45, 2.75) is 6.92 Å². The zero-order valence-electron chi connectivity index (χ0n) is 8.29. The Morgan fingerprint density at radius 3 is 2.93 bits per heavy atom. The predicted octanol–water partition coefficient (Wildman–Crippen LogP) is 0.570. The van der Waals surface area contributed by atoms with Crippen LogP contribution in [0.2, 0.25) is 0 Å². The van der Waals surface area contributed by atoms with Gasteiger partial charge in [-0.1, -0.05) is 0 Å². The van der Waals surface area contributed by atoms with Crippen LogP contribution in [0.3, 0.4) is 0 Å². The van der Waals surface area contributed by atoms with Crippen LogP contribution in [-0.2, 0) is 0 Å². The highest BCUT2D eigenvalue weighted by Crippen LogP contribution is 2.15. The molecule has 14 heavy (non-hydrogen) atoms. The summed E-state index contributed by atoms with van der Waals surface area (Å²) < 4.78 is 5.54. The Kier molecular flexibility index (Phi) is 2.54. The highest BCUT2D eigenvalue weighted by atomic mass is 16.5. The van der Waals surface area contributed by atoms with Gasteiger partial charge in [-0.15, -0.1) is 0 Å². The van der Waals surface area contributed by atoms with Crippen LogP contribution in [0.4, 0.5) is 5.69 Å². The lowest BCUT2D eigenvalue weighted by Gasteiger charge is -2.26. The summed E-state index contributed by atoms with van der Waals surface area (Å²) in [5.41, 5.74) is 7.19. The molecule has 0 atom stereocenters. The van der Waals surface area contributed by atoms with Crippen molar-refractivity contribution in [2.75, 3.05) is 25.4 Å². The number of nitrogens with one attached hydrogen (secondary N) is 1. The van der Waals surface area contributed by atoms with Crippen LogP contribution < -0.4 is 15.8 Å². The smallest absolute Gasteiger partial charge is 0.213 e. The summed E-state index contributed by atoms with van der Waals surface area (Å²) >= 11 is 0. The van der Waals surface area contributed by atoms with Crippen molar-refractivity contribution >= 4 is 5.69 Å². The number of hydrogen-bond acceptors (Lipinski definition) is 4. The van der Waals surface area contributed by atoms with Gasteiger partial charge in [-0.05, 0) is 13.0 Å². The molecule has 0 unspecified atom stereocenters. The number of aromatic nitrogens is 1. The highest BCUT2D eigenvalue weighted by Gasteiger charge is 2.17. The molecular weight excluding hydrogens is 178 g/mol. The minimum Gasteiger partial charge on any atom is -0.477 e. The summed E-state index contributed by atoms with van der Waals surface area (Å²) in [6.45, 7) is 4.72. The van der Waals surface area contributed by atoms with Gasteiger partial charge in [-0.2, -0.15) is 0 Å². The summed E-state index contributed by atoms with van der Waals surface area (Å²) in [6, 6.07) is 3.64. The van der Waals surface area contributed by atoms with Gasteiger partial charge in [0.25, 0.3) is 0 Å². The molecule has 2 heterocycles. The lowest BCUT2D eigenvalue weighted by atomic mass is 10.1. The lowest BCUT2D eigenvalue weighted by molar-refractivity contribution is 0.193. The second-order valence-corrected chi connectivity index (χ2v) is 3.66. The van der Waals surface area contributed by atoms with Gasteiger partial charge >= 0.3 is 0 Å². The first-order valence-corrected chi connectivity index (χ1v) is 4.82. The van der Waals surface area contributed by atoms with Crippen molar-refractivity contribution < 1.29 is 4.74 Å². The molecule has 3 N–H and O–H groups in total. The van der Waals surface area contributed by atoms with Crippen LogP contribution in [0.15, 0.2) is 12.1 Å². The molecule has 1 aromatic heterocycles. The fraction of sp³-hybridized carbons (Fsp3) is 0.500. The van der Waals surface area contributed by atoms with Gasteiger partial charge in [0.15, 0.2) is 0 Å². The van der Waals surface area contributed by atoms with Crippen LogP contribution in [0.1, 0.15) is 5.69 Å². The van der Waals surface area contributed by atoms with E-state index in [4.69, 9.17) is 10.5 Å². The number of ether oxygens (including phenoxy) is 1. The lowest BCUT2D eigenvalue weighted by Crippen LogP contribution is -2.45. The Balaban J connectivity index is 1.91. The molecule has 4 heteroatoms. The molecule has 0 amide bonds. The van der Waals surface area contributed by atoms with Crippen LogP contribution in [-0.4, -0.2) is 24.7 Å². The van der Waals surface area contributed by atoms with Gasteiger partial charge in [0, 0.05) is 25.1 Å². The van der Waals surface area contributed by atoms with Crippen molar-refractivity contribution in [3.05, 3.63) is 17.8 Å². The average Bonchev–Trinajstić information content (AvgIpc) is 2.08. The van der Waals surface area contributed by atoms with Crippen molar-refractivity contribution in [1.29, 1.82) is 0 Å². The molecule has 2 rings (SSSR count). The number of aryl methyl sites for hydroxylation is 1. The maximum atomic E-state index is 5.65. The Morgan fingerprint density at radius 2 is 2.36 bits per heavy atom. The fourth-order valence-electron chi connectivity index (χ4n) is 1.30. The zero-order chi connectivity index (χ0) is 9.97. The number of anilines is 1. The fourth-order valence-corrected chi connectivity index (χ4v) is 1.30. The van der Waals surface area contributed by atoms with Gasteiger partial charge in [-0.3, -0.25) is 0 Å². The van der Waals surface area contributed by atoms with E-state index < -0.39 is 0 Å². The molecule has 0 aliphatic carbocycles. The Labute approximate surface area is 83.5 Å². The monoisotopic (exact) mass is 193 g/mol. The van der Waals surface area contributed by atoms with Crippen molar-refractivity contribution in [3.8, 4) is 5.88 Å². The quantitative estimate of drug-likeness (QED) is 0.736. The van der Waals surface area contributed by atoms with E-state index in [2.05, 4.69) is 10.3 Å². The Hall–Kier alpha value is -1.29. The van der Waals surface area contributed by atoms with Gasteiger partial charge in [0.05, 0.1) is 18.0 Å². The van der Waals surface area contributed by atoms with E-state index in [-0.39, 0.29) is 0 Å². The summed E-state index contributed by atoms with van der Waals surface area (Å²) in [7, 11) is 0. The highest BCUT2D eigenvalue weighted by molar-refractivity contribution is 5.43. The van der Waals surface area contributed by atoms with E-state index in [1.165, 1.54) is 0 Å². The first-order valence-electron chi connectivity index (χ1n) is 4.82. The summed E-state index contributed by atoms with van der Waals surface area (Å²) in [5, 5.41) is 3.20. The van der Waals surface area contributed by atoms with Crippen LogP contribution in [0.25, 0.3) is 0 Å². The van der Waals surface area contributed by atoms with Crippen molar-refractivity contribution in [2.24, 2.45) is 5.92 Å². The standard InChI is InChI=1S/C10H15N3O/c1-7-9(11)2-3-10(13-7)14-6-8-4-12-5-8/h2-3,8,12H,4-6,11H2,1H3. The molecular formula is C10H15N3O. The molecule has 0 radical (unpaired) electrons. The van der Waals surface area contributed by atoms with Crippen molar-refractivity contribution in [1.82, 2.24) is 10.3 Å². The molecule has 76 valence electrons. The summed E-state index contributed by atoms with van der Waals surface area (Å²) in [6.07, 6.45) is 0. The first-order chi connectivity index (χ1) is 6.75. The second-order valence-electron chi connectivity index (χ2n) is 3.66. The Bertz CT molecular complexity index is 323. The third kappa shape index (κ3) is 1.96. The normalized spacial score (nSPS) is 16.4. The molecule has 1 saturated heterocycles. The van der Waals surface area contributed by atoms with Crippen molar-refractivity contribution in [3.63, 3.8) is 0 Å². The molecule has 1 aliphatic rings. The van der Waals surface area contributed by atoms with Gasteiger partial charge in [-0.25, -0.2) is 4.98 Å². The zero-order valence-corrected chi connectivity index (χ0v) is 8.29. The number of rotatable bonds is 3. The predicted molar refractivity (Wildman–Crippen MR) is 55.2 cm³/mol. The number of nitrogens with zero attached hydrogens (tertiary/aromatic N) is 1. The van der Waals surface area contributed by atoms with E-state index in [0.29, 0.717) is 17.5 Å². The third-order valence-corrected chi connectivity index (χ3v) is 2.43. The van der Waals surface area contributed by atoms with Gasteiger partial charge in [0.1, 0.15) is 0 Å². The summed E-state index contributed by atoms with van der Waals surface area (Å²) in [5.74, 6) is 1.30. The molecule has 0 saturated carbocycles. The van der Waals surface area contributed by atoms with Crippen LogP contribution in [0, 0.1) is 12.8 Å². The van der Waals surface area contributed by atoms with Crippen LogP contribution >= 0.6 is 0 Å². The molecule has 1 aromatic rings. The van der Waals surface area contributed by atoms with Gasteiger partial charge in [0.2, 0.25) is 5.88 Å². The Morgan fingerprint density at radius 1 is 1.57 bits per heavy atom. The number of nitrogen functional groups attached to an aromatic ring is 1. The molecule has 1 fully saturated rings. The summed E-state index contributed by atoms with van der Waals surface area (Å²) in [4.78, 5) is 4.24. The minimum absolute atomic E-state index is 0.634. The van der Waals surface area contributed by atoms with E-state index in [9.17, 15) is 0 Å². The number of hydrogen-bond donors (Lipinski definition) is 2. The number of nitrogens with two attached hydrogens (primary N) is 1. The maximum Gasteiger partial charge on any atom is 0.213 e. The first kappa shape index (κ1) is 9.27. The largest absolute Gasteiger partial charge is 0.477 e. The molecule has 0 bridgehead atoms. The molecule has 0 aromatic carbocycles. The van der Waals surface area contributed by atoms with Gasteiger partial charge < -0.3 is 15.8 Å². The van der Waals surface area contributed by atoms with E-state index in [1.54, 1.807) is 0 Å². The maximum absolute atomic E-state index is 5.65. The molecule has 4 nitrogen and oxygen atoms in total. The SMILES string of the molecule is Cc1nc(OCC2CNC2)ccc1N. The van der Waals surface area contributed by atoms with E-state index >= 15 is 0 Å². The topological polar surface area (TPSA) is 60.2 Å². The molecule has 0 spiro atoms. The average molecular weight is 193 g/mol.